The SMILES string of the molecule is CCC(=O)c1ccc(C(=O)N2CCCc3c(N)cccc32)cc1. The maximum absolute atomic E-state index is 12.8. The molecule has 0 radical (unpaired) electrons. The zero-order valence-electron chi connectivity index (χ0n) is 13.2. The van der Waals surface area contributed by atoms with Gasteiger partial charge in [-0.15, -0.1) is 0 Å². The lowest BCUT2D eigenvalue weighted by Crippen LogP contribution is -2.35. The second-order valence-electron chi connectivity index (χ2n) is 5.76. The Labute approximate surface area is 135 Å². The van der Waals surface area contributed by atoms with Gasteiger partial charge in [0.15, 0.2) is 5.78 Å². The molecule has 2 aromatic carbocycles. The van der Waals surface area contributed by atoms with E-state index in [1.54, 1.807) is 29.2 Å². The Hall–Kier alpha value is -2.62. The van der Waals surface area contributed by atoms with E-state index in [0.29, 0.717) is 24.1 Å². The smallest absolute Gasteiger partial charge is 0.258 e. The van der Waals surface area contributed by atoms with Crippen molar-refractivity contribution in [2.75, 3.05) is 17.2 Å². The van der Waals surface area contributed by atoms with Crippen LogP contribution in [0.2, 0.25) is 0 Å². The number of amides is 1. The van der Waals surface area contributed by atoms with E-state index in [4.69, 9.17) is 5.73 Å². The summed E-state index contributed by atoms with van der Waals surface area (Å²) in [5, 5.41) is 0. The third-order valence-corrected chi connectivity index (χ3v) is 4.31. The van der Waals surface area contributed by atoms with Crippen molar-refractivity contribution in [3.05, 3.63) is 59.2 Å². The van der Waals surface area contributed by atoms with Gasteiger partial charge < -0.3 is 10.6 Å². The number of nitrogen functional groups attached to an aromatic ring is 1. The summed E-state index contributed by atoms with van der Waals surface area (Å²) < 4.78 is 0. The lowest BCUT2D eigenvalue weighted by Gasteiger charge is -2.30. The molecule has 0 saturated carbocycles. The summed E-state index contributed by atoms with van der Waals surface area (Å²) in [6, 6.07) is 12.6. The summed E-state index contributed by atoms with van der Waals surface area (Å²) >= 11 is 0. The van der Waals surface area contributed by atoms with Gasteiger partial charge in [-0.05, 0) is 42.7 Å². The Balaban J connectivity index is 1.90. The average molecular weight is 308 g/mol. The Bertz CT molecular complexity index is 750. The van der Waals surface area contributed by atoms with Crippen molar-refractivity contribution in [3.63, 3.8) is 0 Å². The first-order valence-corrected chi connectivity index (χ1v) is 7.94. The molecule has 118 valence electrons. The molecule has 0 aliphatic carbocycles. The van der Waals surface area contributed by atoms with E-state index in [1.165, 1.54) is 0 Å². The Morgan fingerprint density at radius 1 is 1.09 bits per heavy atom. The standard InChI is InChI=1S/C19H20N2O2/c1-2-18(22)13-8-10-14(11-9-13)19(23)21-12-4-5-15-16(20)6-3-7-17(15)21/h3,6-11H,2,4-5,12,20H2,1H3. The third-order valence-electron chi connectivity index (χ3n) is 4.31. The van der Waals surface area contributed by atoms with Crippen LogP contribution in [0.1, 0.15) is 46.0 Å². The molecule has 4 heteroatoms. The summed E-state index contributed by atoms with van der Waals surface area (Å²) in [7, 11) is 0. The highest BCUT2D eigenvalue weighted by Gasteiger charge is 2.24. The highest BCUT2D eigenvalue weighted by Crippen LogP contribution is 2.32. The second kappa shape index (κ2) is 6.24. The quantitative estimate of drug-likeness (QED) is 0.697. The number of Topliss-reactive ketones (excluding diaryl/α,β-unsaturated/α-hetero) is 1. The average Bonchev–Trinajstić information content (AvgIpc) is 2.60. The summed E-state index contributed by atoms with van der Waals surface area (Å²) in [6.45, 7) is 2.52. The van der Waals surface area contributed by atoms with Gasteiger partial charge in [0.1, 0.15) is 0 Å². The van der Waals surface area contributed by atoms with Crippen LogP contribution in [0.4, 0.5) is 11.4 Å². The van der Waals surface area contributed by atoms with Crippen molar-refractivity contribution in [2.45, 2.75) is 26.2 Å². The normalized spacial score (nSPS) is 13.5. The number of ketones is 1. The summed E-state index contributed by atoms with van der Waals surface area (Å²) in [5.41, 5.74) is 9.96. The minimum Gasteiger partial charge on any atom is -0.398 e. The zero-order valence-corrected chi connectivity index (χ0v) is 13.2. The number of fused-ring (bicyclic) bond motifs is 1. The van der Waals surface area contributed by atoms with Crippen LogP contribution in [-0.4, -0.2) is 18.2 Å². The lowest BCUT2D eigenvalue weighted by atomic mass is 9.98. The van der Waals surface area contributed by atoms with Crippen LogP contribution in [0.25, 0.3) is 0 Å². The fraction of sp³-hybridized carbons (Fsp3) is 0.263. The first-order valence-electron chi connectivity index (χ1n) is 7.94. The van der Waals surface area contributed by atoms with Crippen LogP contribution in [0.15, 0.2) is 42.5 Å². The van der Waals surface area contributed by atoms with Crippen molar-refractivity contribution >= 4 is 23.1 Å². The number of nitrogens with zero attached hydrogens (tertiary/aromatic N) is 1. The van der Waals surface area contributed by atoms with Gasteiger partial charge in [-0.25, -0.2) is 0 Å². The Morgan fingerprint density at radius 2 is 1.78 bits per heavy atom. The Kier molecular flexibility index (Phi) is 4.15. The number of carbonyl (C=O) groups excluding carboxylic acids is 2. The van der Waals surface area contributed by atoms with Gasteiger partial charge in [0, 0.05) is 35.5 Å². The number of rotatable bonds is 3. The van der Waals surface area contributed by atoms with Crippen molar-refractivity contribution in [2.24, 2.45) is 0 Å². The number of nitrogens with two attached hydrogens (primary N) is 1. The molecule has 3 rings (SSSR count). The molecule has 1 aliphatic rings. The van der Waals surface area contributed by atoms with Crippen molar-refractivity contribution in [3.8, 4) is 0 Å². The summed E-state index contributed by atoms with van der Waals surface area (Å²) in [5.74, 6) is 0.0344. The third kappa shape index (κ3) is 2.84. The minimum atomic E-state index is -0.0490. The predicted octanol–water partition coefficient (Wildman–Crippen LogP) is 3.45. The van der Waals surface area contributed by atoms with E-state index in [1.807, 2.05) is 25.1 Å². The molecule has 0 bridgehead atoms. The Morgan fingerprint density at radius 3 is 2.48 bits per heavy atom. The van der Waals surface area contributed by atoms with Crippen LogP contribution >= 0.6 is 0 Å². The van der Waals surface area contributed by atoms with E-state index in [-0.39, 0.29) is 11.7 Å². The molecule has 0 unspecified atom stereocenters. The predicted molar refractivity (Wildman–Crippen MR) is 91.9 cm³/mol. The van der Waals surface area contributed by atoms with Gasteiger partial charge in [-0.1, -0.05) is 25.1 Å². The first kappa shape index (κ1) is 15.3. The highest BCUT2D eigenvalue weighted by atomic mass is 16.2. The highest BCUT2D eigenvalue weighted by molar-refractivity contribution is 6.07. The fourth-order valence-corrected chi connectivity index (χ4v) is 3.02. The van der Waals surface area contributed by atoms with Crippen LogP contribution in [0, 0.1) is 0 Å². The van der Waals surface area contributed by atoms with Gasteiger partial charge >= 0.3 is 0 Å². The summed E-state index contributed by atoms with van der Waals surface area (Å²) in [4.78, 5) is 26.3. The molecule has 23 heavy (non-hydrogen) atoms. The second-order valence-corrected chi connectivity index (χ2v) is 5.76. The fourth-order valence-electron chi connectivity index (χ4n) is 3.02. The molecule has 1 aliphatic heterocycles. The lowest BCUT2D eigenvalue weighted by molar-refractivity contribution is 0.0975. The molecule has 1 amide bonds. The maximum atomic E-state index is 12.8. The molecule has 0 aromatic heterocycles. The van der Waals surface area contributed by atoms with E-state index in [9.17, 15) is 9.59 Å². The van der Waals surface area contributed by atoms with E-state index >= 15 is 0 Å². The number of anilines is 2. The van der Waals surface area contributed by atoms with Gasteiger partial charge in [0.2, 0.25) is 0 Å². The van der Waals surface area contributed by atoms with E-state index in [0.717, 1.165) is 29.8 Å². The largest absolute Gasteiger partial charge is 0.398 e. The molecule has 0 saturated heterocycles. The number of carbonyl (C=O) groups is 2. The van der Waals surface area contributed by atoms with Gasteiger partial charge in [-0.2, -0.15) is 0 Å². The zero-order chi connectivity index (χ0) is 16.4. The van der Waals surface area contributed by atoms with Crippen molar-refractivity contribution in [1.29, 1.82) is 0 Å². The van der Waals surface area contributed by atoms with E-state index < -0.39 is 0 Å². The molecular weight excluding hydrogens is 288 g/mol. The van der Waals surface area contributed by atoms with Crippen molar-refractivity contribution < 1.29 is 9.59 Å². The number of benzene rings is 2. The molecule has 0 fully saturated rings. The van der Waals surface area contributed by atoms with Gasteiger partial charge in [0.05, 0.1) is 0 Å². The van der Waals surface area contributed by atoms with Crippen LogP contribution in [0.3, 0.4) is 0 Å². The molecule has 2 N–H and O–H groups in total. The van der Waals surface area contributed by atoms with E-state index in [2.05, 4.69) is 0 Å². The van der Waals surface area contributed by atoms with Crippen LogP contribution in [0.5, 0.6) is 0 Å². The topological polar surface area (TPSA) is 63.4 Å². The molecular formula is C19H20N2O2. The number of hydrogen-bond donors (Lipinski definition) is 1. The summed E-state index contributed by atoms with van der Waals surface area (Å²) in [6.07, 6.45) is 2.27. The number of hydrogen-bond acceptors (Lipinski definition) is 3. The molecule has 0 atom stereocenters. The van der Waals surface area contributed by atoms with Crippen LogP contribution < -0.4 is 10.6 Å². The maximum Gasteiger partial charge on any atom is 0.258 e. The first-order chi connectivity index (χ1) is 11.1. The molecule has 0 spiro atoms. The molecule has 2 aromatic rings. The van der Waals surface area contributed by atoms with Gasteiger partial charge in [0.25, 0.3) is 5.91 Å². The van der Waals surface area contributed by atoms with Crippen molar-refractivity contribution in [1.82, 2.24) is 0 Å². The van der Waals surface area contributed by atoms with Crippen LogP contribution in [-0.2, 0) is 6.42 Å². The molecule has 1 heterocycles. The minimum absolute atomic E-state index is 0.0490. The van der Waals surface area contributed by atoms with Gasteiger partial charge in [-0.3, -0.25) is 9.59 Å². The molecule has 4 nitrogen and oxygen atoms in total. The monoisotopic (exact) mass is 308 g/mol.